The highest BCUT2D eigenvalue weighted by Crippen LogP contribution is 2.40. The molecule has 1 saturated heterocycles. The zero-order chi connectivity index (χ0) is 24.0. The maximum Gasteiger partial charge on any atom is 0.434 e. The first-order chi connectivity index (χ1) is 16.2. The van der Waals surface area contributed by atoms with Gasteiger partial charge in [0.2, 0.25) is 0 Å². The highest BCUT2D eigenvalue weighted by Gasteiger charge is 2.47. The van der Waals surface area contributed by atoms with Crippen molar-refractivity contribution in [3.8, 4) is 11.3 Å². The maximum atomic E-state index is 13.7. The number of fused-ring (bicyclic) bond motifs is 2. The van der Waals surface area contributed by atoms with Gasteiger partial charge in [0.05, 0.1) is 24.1 Å². The second kappa shape index (κ2) is 8.34. The monoisotopic (exact) mass is 468 g/mol. The molecule has 1 amide bonds. The van der Waals surface area contributed by atoms with Crippen molar-refractivity contribution in [2.45, 2.75) is 44.9 Å². The molecule has 2 fully saturated rings. The van der Waals surface area contributed by atoms with Crippen LogP contribution in [0.5, 0.6) is 0 Å². The molecule has 7 nitrogen and oxygen atoms in total. The first kappa shape index (κ1) is 22.2. The van der Waals surface area contributed by atoms with Crippen molar-refractivity contribution < 1.29 is 18.0 Å². The van der Waals surface area contributed by atoms with Crippen LogP contribution in [0.25, 0.3) is 11.3 Å². The van der Waals surface area contributed by atoms with Gasteiger partial charge in [0, 0.05) is 30.5 Å². The third-order valence-electron chi connectivity index (χ3n) is 6.51. The molecular weight excluding hydrogens is 445 g/mol. The molecule has 0 unspecified atom stereocenters. The fourth-order valence-corrected chi connectivity index (χ4v) is 4.98. The Balaban J connectivity index is 1.39. The highest BCUT2D eigenvalue weighted by molar-refractivity contribution is 5.99. The summed E-state index contributed by atoms with van der Waals surface area (Å²) in [4.78, 5) is 31.8. The van der Waals surface area contributed by atoms with Crippen molar-refractivity contribution in [1.82, 2.24) is 24.8 Å². The molecule has 1 saturated carbocycles. The summed E-state index contributed by atoms with van der Waals surface area (Å²) >= 11 is 0. The number of alkyl halides is 3. The fraction of sp³-hybridized carbons (Fsp3) is 0.375. The van der Waals surface area contributed by atoms with Crippen molar-refractivity contribution in [2.24, 2.45) is 5.92 Å². The number of pyridine rings is 2. The fourth-order valence-electron chi connectivity index (χ4n) is 4.98. The van der Waals surface area contributed by atoms with Crippen LogP contribution in [-0.4, -0.2) is 49.4 Å². The van der Waals surface area contributed by atoms with Crippen LogP contribution >= 0.6 is 0 Å². The van der Waals surface area contributed by atoms with E-state index in [1.807, 2.05) is 36.9 Å². The second-order valence-electron chi connectivity index (χ2n) is 8.98. The summed E-state index contributed by atoms with van der Waals surface area (Å²) in [5, 5.41) is 3.18. The molecule has 0 aromatic carbocycles. The van der Waals surface area contributed by atoms with Gasteiger partial charge in [-0.15, -0.1) is 0 Å². The number of nitrogens with one attached hydrogen (secondary N) is 1. The molecule has 2 bridgehead atoms. The van der Waals surface area contributed by atoms with E-state index in [2.05, 4.69) is 25.3 Å². The Kier molecular flexibility index (Phi) is 5.45. The predicted octanol–water partition coefficient (Wildman–Crippen LogP) is 4.28. The van der Waals surface area contributed by atoms with Gasteiger partial charge >= 0.3 is 6.18 Å². The Morgan fingerprint density at radius 1 is 1.09 bits per heavy atom. The quantitative estimate of drug-likeness (QED) is 0.615. The molecule has 5 rings (SSSR count). The Morgan fingerprint density at radius 3 is 2.59 bits per heavy atom. The van der Waals surface area contributed by atoms with Gasteiger partial charge in [-0.1, -0.05) is 6.07 Å². The van der Waals surface area contributed by atoms with Gasteiger partial charge < -0.3 is 10.2 Å². The van der Waals surface area contributed by atoms with Crippen molar-refractivity contribution in [3.63, 3.8) is 0 Å². The summed E-state index contributed by atoms with van der Waals surface area (Å²) in [6.45, 7) is 4.49. The van der Waals surface area contributed by atoms with E-state index in [1.54, 1.807) is 12.4 Å². The van der Waals surface area contributed by atoms with E-state index in [0.29, 0.717) is 23.7 Å². The number of halogens is 3. The SMILES string of the molecule is Cc1cnc(C(=O)N2C[C@@H]3C[C@@H](Nc4cnc(C(F)(F)F)cn4)[C@@H]2C3)c(-c2ncccc2C)c1. The molecule has 0 spiro atoms. The minimum Gasteiger partial charge on any atom is -0.364 e. The number of likely N-dealkylation sites (tertiary alicyclic amines) is 1. The van der Waals surface area contributed by atoms with Gasteiger partial charge in [0.15, 0.2) is 5.69 Å². The summed E-state index contributed by atoms with van der Waals surface area (Å²) < 4.78 is 38.3. The smallest absolute Gasteiger partial charge is 0.364 e. The van der Waals surface area contributed by atoms with Crippen LogP contribution < -0.4 is 5.32 Å². The zero-order valence-electron chi connectivity index (χ0n) is 18.7. The van der Waals surface area contributed by atoms with Gasteiger partial charge in [-0.2, -0.15) is 13.2 Å². The first-order valence-electron chi connectivity index (χ1n) is 11.1. The van der Waals surface area contributed by atoms with Crippen LogP contribution in [0, 0.1) is 19.8 Å². The average molecular weight is 468 g/mol. The minimum absolute atomic E-state index is 0.109. The summed E-state index contributed by atoms with van der Waals surface area (Å²) in [5.74, 6) is 0.396. The molecule has 3 aromatic heterocycles. The number of hydrogen-bond donors (Lipinski definition) is 1. The largest absolute Gasteiger partial charge is 0.434 e. The van der Waals surface area contributed by atoms with E-state index >= 15 is 0 Å². The number of hydrogen-bond acceptors (Lipinski definition) is 6. The van der Waals surface area contributed by atoms with Crippen LogP contribution in [0.15, 0.2) is 43.0 Å². The molecule has 34 heavy (non-hydrogen) atoms. The second-order valence-corrected chi connectivity index (χ2v) is 8.98. The van der Waals surface area contributed by atoms with E-state index in [0.717, 1.165) is 42.1 Å². The number of carbonyl (C=O) groups is 1. The summed E-state index contributed by atoms with van der Waals surface area (Å²) in [5.41, 5.74) is 2.62. The third kappa shape index (κ3) is 4.08. The van der Waals surface area contributed by atoms with Gasteiger partial charge in [-0.3, -0.25) is 14.8 Å². The molecule has 4 heterocycles. The number of amides is 1. The molecule has 1 N–H and O–H groups in total. The molecule has 10 heteroatoms. The van der Waals surface area contributed by atoms with Crippen LogP contribution in [0.2, 0.25) is 0 Å². The molecule has 176 valence electrons. The van der Waals surface area contributed by atoms with Crippen LogP contribution in [-0.2, 0) is 6.18 Å². The number of aryl methyl sites for hydroxylation is 2. The number of piperidine rings is 1. The lowest BCUT2D eigenvalue weighted by molar-refractivity contribution is -0.141. The lowest BCUT2D eigenvalue weighted by Crippen LogP contribution is -2.48. The van der Waals surface area contributed by atoms with E-state index in [-0.39, 0.29) is 23.8 Å². The van der Waals surface area contributed by atoms with Gasteiger partial charge in [-0.25, -0.2) is 9.97 Å². The van der Waals surface area contributed by atoms with Crippen molar-refractivity contribution in [2.75, 3.05) is 11.9 Å². The van der Waals surface area contributed by atoms with E-state index in [1.165, 1.54) is 0 Å². The van der Waals surface area contributed by atoms with E-state index in [9.17, 15) is 18.0 Å². The molecule has 0 radical (unpaired) electrons. The van der Waals surface area contributed by atoms with Gasteiger partial charge in [0.1, 0.15) is 11.5 Å². The lowest BCUT2D eigenvalue weighted by atomic mass is 10.0. The van der Waals surface area contributed by atoms with Crippen molar-refractivity contribution in [1.29, 1.82) is 0 Å². The summed E-state index contributed by atoms with van der Waals surface area (Å²) in [6, 6.07) is 5.49. The summed E-state index contributed by atoms with van der Waals surface area (Å²) in [7, 11) is 0. The molecule has 1 aliphatic heterocycles. The topological polar surface area (TPSA) is 83.9 Å². The minimum atomic E-state index is -4.54. The predicted molar refractivity (Wildman–Crippen MR) is 119 cm³/mol. The Labute approximate surface area is 194 Å². The lowest BCUT2D eigenvalue weighted by Gasteiger charge is -2.34. The molecule has 1 aliphatic carbocycles. The van der Waals surface area contributed by atoms with Crippen molar-refractivity contribution in [3.05, 3.63) is 65.5 Å². The van der Waals surface area contributed by atoms with Crippen LogP contribution in [0.4, 0.5) is 19.0 Å². The Bertz CT molecular complexity index is 1230. The molecule has 2 aliphatic rings. The molecular formula is C24H23F3N6O. The number of nitrogens with zero attached hydrogens (tertiary/aromatic N) is 5. The third-order valence-corrected chi connectivity index (χ3v) is 6.51. The first-order valence-corrected chi connectivity index (χ1v) is 11.1. The van der Waals surface area contributed by atoms with Gasteiger partial charge in [-0.05, 0) is 55.9 Å². The zero-order valence-corrected chi connectivity index (χ0v) is 18.7. The van der Waals surface area contributed by atoms with Gasteiger partial charge in [0.25, 0.3) is 5.91 Å². The molecule has 3 aromatic rings. The van der Waals surface area contributed by atoms with Crippen LogP contribution in [0.1, 0.15) is 40.2 Å². The highest BCUT2D eigenvalue weighted by atomic mass is 19.4. The number of rotatable bonds is 4. The van der Waals surface area contributed by atoms with E-state index in [4.69, 9.17) is 0 Å². The summed E-state index contributed by atoms with van der Waals surface area (Å²) in [6.07, 6.45) is 2.27. The number of anilines is 1. The van der Waals surface area contributed by atoms with Crippen molar-refractivity contribution >= 4 is 11.7 Å². The Morgan fingerprint density at radius 2 is 1.91 bits per heavy atom. The maximum absolute atomic E-state index is 13.7. The standard InChI is InChI=1S/C24H23F3N6O/c1-13-6-16(21-14(2)4-3-5-28-21)22(31-9-13)23(34)33-12-15-7-17(18(33)8-15)32-20-11-29-19(10-30-20)24(25,26)27/h3-6,9-11,15,17-18H,7-8,12H2,1-2H3,(H,30,32)/t15-,17-,18+/m1/s1. The average Bonchev–Trinajstić information content (AvgIpc) is 3.39. The number of aromatic nitrogens is 4. The molecule has 3 atom stereocenters. The van der Waals surface area contributed by atoms with E-state index < -0.39 is 11.9 Å². The van der Waals surface area contributed by atoms with Crippen LogP contribution in [0.3, 0.4) is 0 Å². The normalized spacial score (nSPS) is 21.7. The number of carbonyl (C=O) groups excluding carboxylic acids is 1. The Hall–Kier alpha value is -3.56.